The number of nitrogens with two attached hydrogens (primary N) is 1. The standard InChI is InChI=1S/C9H10F3NO2S/c1-5-3-6(2)8(7(13)4-5)16(14,15)9(10,11)12/h3-4H,13H2,1-2H3. The van der Waals surface area contributed by atoms with Crippen LogP contribution in [0.25, 0.3) is 0 Å². The number of sulfone groups is 1. The zero-order chi connectivity index (χ0) is 12.7. The van der Waals surface area contributed by atoms with Gasteiger partial charge < -0.3 is 5.73 Å². The van der Waals surface area contributed by atoms with Gasteiger partial charge in [-0.3, -0.25) is 0 Å². The van der Waals surface area contributed by atoms with E-state index in [2.05, 4.69) is 0 Å². The van der Waals surface area contributed by atoms with Crippen molar-refractivity contribution in [3.63, 3.8) is 0 Å². The van der Waals surface area contributed by atoms with Crippen LogP contribution in [0.1, 0.15) is 11.1 Å². The molecular formula is C9H10F3NO2S. The van der Waals surface area contributed by atoms with Gasteiger partial charge in [0.15, 0.2) is 0 Å². The molecule has 0 amide bonds. The summed E-state index contributed by atoms with van der Waals surface area (Å²) in [6, 6.07) is 2.54. The Bertz CT molecular complexity index is 497. The normalized spacial score (nSPS) is 12.8. The van der Waals surface area contributed by atoms with Gasteiger partial charge in [0.25, 0.3) is 9.84 Å². The number of nitrogen functional groups attached to an aromatic ring is 1. The molecule has 16 heavy (non-hydrogen) atoms. The molecule has 1 rings (SSSR count). The number of aryl methyl sites for hydroxylation is 2. The van der Waals surface area contributed by atoms with Crippen molar-refractivity contribution in [2.45, 2.75) is 24.3 Å². The minimum atomic E-state index is -5.38. The zero-order valence-corrected chi connectivity index (χ0v) is 9.41. The van der Waals surface area contributed by atoms with Crippen LogP contribution in [0.3, 0.4) is 0 Å². The predicted octanol–water partition coefficient (Wildman–Crippen LogP) is 2.18. The van der Waals surface area contributed by atoms with Gasteiger partial charge in [0.2, 0.25) is 0 Å². The van der Waals surface area contributed by atoms with Crippen molar-refractivity contribution in [3.05, 3.63) is 23.3 Å². The molecule has 0 saturated heterocycles. The molecule has 0 atom stereocenters. The summed E-state index contributed by atoms with van der Waals surface area (Å²) in [4.78, 5) is -0.856. The second-order valence-electron chi connectivity index (χ2n) is 3.45. The number of hydrogen-bond donors (Lipinski definition) is 1. The lowest BCUT2D eigenvalue weighted by Gasteiger charge is -2.13. The first kappa shape index (κ1) is 12.8. The van der Waals surface area contributed by atoms with Crippen molar-refractivity contribution >= 4 is 15.5 Å². The summed E-state index contributed by atoms with van der Waals surface area (Å²) < 4.78 is 59.4. The van der Waals surface area contributed by atoms with E-state index < -0.39 is 20.2 Å². The van der Waals surface area contributed by atoms with E-state index in [1.807, 2.05) is 0 Å². The van der Waals surface area contributed by atoms with Crippen LogP contribution in [0, 0.1) is 13.8 Å². The minimum absolute atomic E-state index is 0.00479. The maximum Gasteiger partial charge on any atom is 0.501 e. The van der Waals surface area contributed by atoms with Crippen molar-refractivity contribution in [1.29, 1.82) is 0 Å². The monoisotopic (exact) mass is 253 g/mol. The van der Waals surface area contributed by atoms with Gasteiger partial charge in [-0.2, -0.15) is 13.2 Å². The zero-order valence-electron chi connectivity index (χ0n) is 8.59. The highest BCUT2D eigenvalue weighted by molar-refractivity contribution is 7.92. The molecule has 90 valence electrons. The summed E-state index contributed by atoms with van der Waals surface area (Å²) in [5.41, 5.74) is 0.217. The molecule has 0 saturated carbocycles. The molecule has 0 unspecified atom stereocenters. The first-order chi connectivity index (χ1) is 7.07. The second-order valence-corrected chi connectivity index (χ2v) is 5.33. The number of anilines is 1. The van der Waals surface area contributed by atoms with E-state index in [4.69, 9.17) is 5.73 Å². The van der Waals surface area contributed by atoms with Crippen molar-refractivity contribution in [2.24, 2.45) is 0 Å². The van der Waals surface area contributed by atoms with Crippen LogP contribution in [0.5, 0.6) is 0 Å². The third-order valence-corrected chi connectivity index (χ3v) is 3.73. The van der Waals surface area contributed by atoms with Crippen molar-refractivity contribution in [2.75, 3.05) is 5.73 Å². The third-order valence-electron chi connectivity index (χ3n) is 2.02. The Balaban J connectivity index is 3.59. The molecule has 0 aliphatic carbocycles. The fourth-order valence-corrected chi connectivity index (χ4v) is 2.55. The van der Waals surface area contributed by atoms with Gasteiger partial charge in [0, 0.05) is 0 Å². The maximum atomic E-state index is 12.3. The van der Waals surface area contributed by atoms with Crippen LogP contribution in [0.2, 0.25) is 0 Å². The first-order valence-electron chi connectivity index (χ1n) is 4.25. The highest BCUT2D eigenvalue weighted by Gasteiger charge is 2.48. The molecule has 2 N–H and O–H groups in total. The lowest BCUT2D eigenvalue weighted by molar-refractivity contribution is -0.0436. The molecule has 3 nitrogen and oxygen atoms in total. The summed E-state index contributed by atoms with van der Waals surface area (Å²) in [5, 5.41) is 0. The predicted molar refractivity (Wildman–Crippen MR) is 53.6 cm³/mol. The van der Waals surface area contributed by atoms with E-state index in [-0.39, 0.29) is 11.3 Å². The molecule has 0 spiro atoms. The van der Waals surface area contributed by atoms with E-state index in [1.54, 1.807) is 6.92 Å². The molecule has 7 heteroatoms. The number of hydrogen-bond acceptors (Lipinski definition) is 3. The first-order valence-corrected chi connectivity index (χ1v) is 5.74. The summed E-state index contributed by atoms with van der Waals surface area (Å²) in [5.74, 6) is 0. The van der Waals surface area contributed by atoms with Crippen molar-refractivity contribution in [1.82, 2.24) is 0 Å². The van der Waals surface area contributed by atoms with Gasteiger partial charge in [-0.1, -0.05) is 6.07 Å². The largest absolute Gasteiger partial charge is 0.501 e. The van der Waals surface area contributed by atoms with E-state index in [9.17, 15) is 21.6 Å². The molecule has 0 bridgehead atoms. The Hall–Kier alpha value is -1.24. The number of benzene rings is 1. The number of halogens is 3. The van der Waals surface area contributed by atoms with Crippen LogP contribution in [0.4, 0.5) is 18.9 Å². The average Bonchev–Trinajstić information content (AvgIpc) is 1.97. The van der Waals surface area contributed by atoms with Crippen LogP contribution < -0.4 is 5.73 Å². The van der Waals surface area contributed by atoms with Gasteiger partial charge >= 0.3 is 5.51 Å². The van der Waals surface area contributed by atoms with E-state index in [1.165, 1.54) is 19.1 Å². The molecule has 0 aliphatic heterocycles. The maximum absolute atomic E-state index is 12.3. The van der Waals surface area contributed by atoms with Gasteiger partial charge in [0.05, 0.1) is 5.69 Å². The number of rotatable bonds is 1. The summed E-state index contributed by atoms with van der Waals surface area (Å²) >= 11 is 0. The molecule has 0 fully saturated rings. The lowest BCUT2D eigenvalue weighted by atomic mass is 10.1. The second kappa shape index (κ2) is 3.65. The van der Waals surface area contributed by atoms with Crippen molar-refractivity contribution in [3.8, 4) is 0 Å². The average molecular weight is 253 g/mol. The van der Waals surface area contributed by atoms with E-state index in [0.717, 1.165) is 0 Å². The Kier molecular flexibility index (Phi) is 2.93. The molecule has 0 radical (unpaired) electrons. The molecule has 1 aromatic rings. The van der Waals surface area contributed by atoms with Crippen molar-refractivity contribution < 1.29 is 21.6 Å². The Morgan fingerprint density at radius 2 is 1.69 bits per heavy atom. The summed E-state index contributed by atoms with van der Waals surface area (Å²) in [7, 11) is -5.38. The number of alkyl halides is 3. The van der Waals surface area contributed by atoms with Crippen LogP contribution in [-0.2, 0) is 9.84 Å². The van der Waals surface area contributed by atoms with Crippen LogP contribution >= 0.6 is 0 Å². The Labute approximate surface area is 91.0 Å². The lowest BCUT2D eigenvalue weighted by Crippen LogP contribution is -2.25. The summed E-state index contributed by atoms with van der Waals surface area (Å²) in [6.45, 7) is 2.90. The van der Waals surface area contributed by atoms with Crippen LogP contribution in [-0.4, -0.2) is 13.9 Å². The van der Waals surface area contributed by atoms with Crippen LogP contribution in [0.15, 0.2) is 17.0 Å². The molecular weight excluding hydrogens is 243 g/mol. The van der Waals surface area contributed by atoms with Gasteiger partial charge in [0.1, 0.15) is 4.90 Å². The Morgan fingerprint density at radius 3 is 2.06 bits per heavy atom. The topological polar surface area (TPSA) is 60.2 Å². The fraction of sp³-hybridized carbons (Fsp3) is 0.333. The molecule has 0 heterocycles. The fourth-order valence-electron chi connectivity index (χ4n) is 1.47. The van der Waals surface area contributed by atoms with Gasteiger partial charge in [-0.05, 0) is 31.0 Å². The highest BCUT2D eigenvalue weighted by Crippen LogP contribution is 2.35. The van der Waals surface area contributed by atoms with E-state index in [0.29, 0.717) is 5.56 Å². The van der Waals surface area contributed by atoms with Gasteiger partial charge in [-0.25, -0.2) is 8.42 Å². The highest BCUT2D eigenvalue weighted by atomic mass is 32.2. The quantitative estimate of drug-likeness (QED) is 0.780. The molecule has 1 aromatic carbocycles. The van der Waals surface area contributed by atoms with E-state index >= 15 is 0 Å². The SMILES string of the molecule is Cc1cc(C)c(S(=O)(=O)C(F)(F)F)c(N)c1. The third kappa shape index (κ3) is 1.99. The summed E-state index contributed by atoms with van der Waals surface area (Å²) in [6.07, 6.45) is 0. The van der Waals surface area contributed by atoms with Gasteiger partial charge in [-0.15, -0.1) is 0 Å². The molecule has 0 aliphatic rings. The smallest absolute Gasteiger partial charge is 0.398 e. The Morgan fingerprint density at radius 1 is 1.19 bits per heavy atom. The molecule has 0 aromatic heterocycles. The minimum Gasteiger partial charge on any atom is -0.398 e.